The van der Waals surface area contributed by atoms with E-state index in [1.807, 2.05) is 11.0 Å². The molecule has 1 aliphatic rings. The zero-order valence-corrected chi connectivity index (χ0v) is 9.96. The summed E-state index contributed by atoms with van der Waals surface area (Å²) in [4.78, 5) is 19.4. The molecule has 5 nitrogen and oxygen atoms in total. The summed E-state index contributed by atoms with van der Waals surface area (Å²) >= 11 is 0. The first kappa shape index (κ1) is 11.9. The fourth-order valence-corrected chi connectivity index (χ4v) is 1.96. The van der Waals surface area contributed by atoms with Gasteiger partial charge in [0.15, 0.2) is 0 Å². The third-order valence-corrected chi connectivity index (χ3v) is 3.01. The molecule has 1 aromatic heterocycles. The van der Waals surface area contributed by atoms with E-state index in [0.29, 0.717) is 0 Å². The molecule has 1 aromatic rings. The van der Waals surface area contributed by atoms with Gasteiger partial charge in [0.05, 0.1) is 11.9 Å². The van der Waals surface area contributed by atoms with E-state index in [4.69, 9.17) is 5.11 Å². The number of aromatic hydroxyl groups is 1. The Morgan fingerprint density at radius 2 is 2.06 bits per heavy atom. The number of nitrogens with zero attached hydrogens (tertiary/aromatic N) is 3. The molecule has 0 unspecified atom stereocenters. The van der Waals surface area contributed by atoms with Gasteiger partial charge in [-0.15, -0.1) is 0 Å². The van der Waals surface area contributed by atoms with E-state index in [1.165, 1.54) is 6.20 Å². The Morgan fingerprint density at radius 3 is 2.59 bits per heavy atom. The predicted octanol–water partition coefficient (Wildman–Crippen LogP) is 0.451. The van der Waals surface area contributed by atoms with E-state index in [1.54, 1.807) is 13.0 Å². The van der Waals surface area contributed by atoms with Gasteiger partial charge in [-0.2, -0.15) is 0 Å². The average molecular weight is 235 g/mol. The third kappa shape index (κ3) is 3.17. The van der Waals surface area contributed by atoms with Crippen molar-refractivity contribution in [1.29, 1.82) is 0 Å². The van der Waals surface area contributed by atoms with Crippen LogP contribution >= 0.6 is 0 Å². The van der Waals surface area contributed by atoms with Gasteiger partial charge in [0.25, 0.3) is 0 Å². The molecule has 1 N–H and O–H groups in total. The number of amides is 1. The maximum atomic E-state index is 11.2. The molecule has 0 aromatic carbocycles. The number of carbonyl (C=O) groups is 1. The van der Waals surface area contributed by atoms with Crippen LogP contribution in [-0.2, 0) is 11.3 Å². The van der Waals surface area contributed by atoms with Crippen molar-refractivity contribution in [3.05, 3.63) is 24.0 Å². The Morgan fingerprint density at radius 1 is 1.35 bits per heavy atom. The molecule has 1 saturated heterocycles. The van der Waals surface area contributed by atoms with Gasteiger partial charge in [-0.25, -0.2) is 0 Å². The third-order valence-electron chi connectivity index (χ3n) is 3.01. The number of carbonyl (C=O) groups excluding carboxylic acids is 1. The van der Waals surface area contributed by atoms with E-state index in [2.05, 4.69) is 9.88 Å². The molecule has 5 heteroatoms. The van der Waals surface area contributed by atoms with E-state index in [-0.39, 0.29) is 11.7 Å². The van der Waals surface area contributed by atoms with Gasteiger partial charge < -0.3 is 10.0 Å². The normalized spacial score (nSPS) is 17.1. The number of hydrogen-bond acceptors (Lipinski definition) is 4. The van der Waals surface area contributed by atoms with Gasteiger partial charge in [-0.05, 0) is 12.1 Å². The van der Waals surface area contributed by atoms with Crippen molar-refractivity contribution in [1.82, 2.24) is 14.8 Å². The standard InChI is InChI=1S/C12H17N3O2/c1-10(16)15-6-4-14(5-7-15)9-11-2-3-12(17)8-13-11/h2-3,8,17H,4-7,9H2,1H3. The second-order valence-electron chi connectivity index (χ2n) is 4.29. The molecule has 1 aliphatic heterocycles. The van der Waals surface area contributed by atoms with Crippen molar-refractivity contribution in [3.63, 3.8) is 0 Å². The summed E-state index contributed by atoms with van der Waals surface area (Å²) in [5, 5.41) is 9.14. The lowest BCUT2D eigenvalue weighted by molar-refractivity contribution is -0.130. The first-order valence-corrected chi connectivity index (χ1v) is 5.77. The maximum Gasteiger partial charge on any atom is 0.219 e. The lowest BCUT2D eigenvalue weighted by Gasteiger charge is -2.33. The highest BCUT2D eigenvalue weighted by Crippen LogP contribution is 2.10. The molecule has 17 heavy (non-hydrogen) atoms. The molecular weight excluding hydrogens is 218 g/mol. The Labute approximate surface area is 101 Å². The first-order valence-electron chi connectivity index (χ1n) is 5.77. The minimum atomic E-state index is 0.146. The van der Waals surface area contributed by atoms with Gasteiger partial charge in [-0.3, -0.25) is 14.7 Å². The average Bonchev–Trinajstić information content (AvgIpc) is 2.33. The maximum absolute atomic E-state index is 11.2. The fraction of sp³-hybridized carbons (Fsp3) is 0.500. The predicted molar refractivity (Wildman–Crippen MR) is 63.4 cm³/mol. The quantitative estimate of drug-likeness (QED) is 0.808. The Kier molecular flexibility index (Phi) is 3.58. The summed E-state index contributed by atoms with van der Waals surface area (Å²) in [6, 6.07) is 3.47. The lowest BCUT2D eigenvalue weighted by atomic mass is 10.2. The van der Waals surface area contributed by atoms with Crippen LogP contribution in [0.25, 0.3) is 0 Å². The molecule has 0 atom stereocenters. The highest BCUT2D eigenvalue weighted by molar-refractivity contribution is 5.73. The summed E-state index contributed by atoms with van der Waals surface area (Å²) in [6.07, 6.45) is 1.46. The molecule has 2 rings (SSSR count). The zero-order chi connectivity index (χ0) is 12.3. The summed E-state index contributed by atoms with van der Waals surface area (Å²) < 4.78 is 0. The van der Waals surface area contributed by atoms with Crippen LogP contribution in [0.4, 0.5) is 0 Å². The Hall–Kier alpha value is -1.62. The van der Waals surface area contributed by atoms with Gasteiger partial charge in [0.2, 0.25) is 5.91 Å². The van der Waals surface area contributed by atoms with Crippen LogP contribution in [0.1, 0.15) is 12.6 Å². The lowest BCUT2D eigenvalue weighted by Crippen LogP contribution is -2.47. The molecule has 0 radical (unpaired) electrons. The van der Waals surface area contributed by atoms with Crippen LogP contribution in [0.2, 0.25) is 0 Å². The smallest absolute Gasteiger partial charge is 0.219 e. The van der Waals surface area contributed by atoms with Crippen LogP contribution in [0, 0.1) is 0 Å². The second kappa shape index (κ2) is 5.14. The SMILES string of the molecule is CC(=O)N1CCN(Cc2ccc(O)cn2)CC1. The highest BCUT2D eigenvalue weighted by atomic mass is 16.3. The van der Waals surface area contributed by atoms with Gasteiger partial charge in [-0.1, -0.05) is 0 Å². The fourth-order valence-electron chi connectivity index (χ4n) is 1.96. The molecule has 0 bridgehead atoms. The molecule has 1 amide bonds. The molecular formula is C12H17N3O2. The van der Waals surface area contributed by atoms with Crippen molar-refractivity contribution in [3.8, 4) is 5.75 Å². The van der Waals surface area contributed by atoms with Crippen molar-refractivity contribution in [2.45, 2.75) is 13.5 Å². The van der Waals surface area contributed by atoms with Gasteiger partial charge in [0.1, 0.15) is 5.75 Å². The number of aromatic nitrogens is 1. The number of rotatable bonds is 2. The van der Waals surface area contributed by atoms with Crippen LogP contribution in [0.15, 0.2) is 18.3 Å². The van der Waals surface area contributed by atoms with Crippen LogP contribution in [0.5, 0.6) is 5.75 Å². The van der Waals surface area contributed by atoms with Gasteiger partial charge in [0, 0.05) is 39.6 Å². The molecule has 0 spiro atoms. The number of hydrogen-bond donors (Lipinski definition) is 1. The summed E-state index contributed by atoms with van der Waals surface area (Å²) in [5.41, 5.74) is 0.944. The molecule has 92 valence electrons. The van der Waals surface area contributed by atoms with Crippen LogP contribution in [0.3, 0.4) is 0 Å². The molecule has 0 aliphatic carbocycles. The van der Waals surface area contributed by atoms with Crippen LogP contribution < -0.4 is 0 Å². The number of piperazine rings is 1. The van der Waals surface area contributed by atoms with Crippen molar-refractivity contribution < 1.29 is 9.90 Å². The van der Waals surface area contributed by atoms with Crippen molar-refractivity contribution >= 4 is 5.91 Å². The van der Waals surface area contributed by atoms with E-state index in [9.17, 15) is 4.79 Å². The second-order valence-corrected chi connectivity index (χ2v) is 4.29. The first-order chi connectivity index (χ1) is 8.15. The number of pyridine rings is 1. The summed E-state index contributed by atoms with van der Waals surface area (Å²) in [5.74, 6) is 0.336. The molecule has 1 fully saturated rings. The summed E-state index contributed by atoms with van der Waals surface area (Å²) in [6.45, 7) is 5.70. The Bertz CT molecular complexity index is 383. The minimum absolute atomic E-state index is 0.146. The Balaban J connectivity index is 1.85. The zero-order valence-electron chi connectivity index (χ0n) is 9.96. The van der Waals surface area contributed by atoms with E-state index >= 15 is 0 Å². The van der Waals surface area contributed by atoms with Crippen molar-refractivity contribution in [2.24, 2.45) is 0 Å². The molecule has 0 saturated carbocycles. The molecule has 2 heterocycles. The highest BCUT2D eigenvalue weighted by Gasteiger charge is 2.18. The topological polar surface area (TPSA) is 56.7 Å². The van der Waals surface area contributed by atoms with Crippen LogP contribution in [-0.4, -0.2) is 52.0 Å². The largest absolute Gasteiger partial charge is 0.506 e. The minimum Gasteiger partial charge on any atom is -0.506 e. The van der Waals surface area contributed by atoms with E-state index < -0.39 is 0 Å². The van der Waals surface area contributed by atoms with Crippen molar-refractivity contribution in [2.75, 3.05) is 26.2 Å². The van der Waals surface area contributed by atoms with Gasteiger partial charge >= 0.3 is 0 Å². The monoisotopic (exact) mass is 235 g/mol. The van der Waals surface area contributed by atoms with E-state index in [0.717, 1.165) is 38.4 Å². The summed E-state index contributed by atoms with van der Waals surface area (Å²) in [7, 11) is 0.